The largest absolute Gasteiger partial charge is 0.338 e. The lowest BCUT2D eigenvalue weighted by Crippen LogP contribution is -2.44. The van der Waals surface area contributed by atoms with Crippen LogP contribution in [0.1, 0.15) is 39.2 Å². The van der Waals surface area contributed by atoms with Crippen LogP contribution >= 0.6 is 0 Å². The number of rotatable bonds is 1. The standard InChI is InChI=1S/C21H25N3O/c1-21(2,3)16-11-15(12-16)20(25)24-13-14-7-6-10-22-19(14)23-17-8-4-5-9-18(17)24/h4-10,15-16H,11-13H2,1-3H3,(H,22,23). The molecule has 1 saturated carbocycles. The summed E-state index contributed by atoms with van der Waals surface area (Å²) in [4.78, 5) is 19.6. The summed E-state index contributed by atoms with van der Waals surface area (Å²) in [6, 6.07) is 12.0. The average molecular weight is 335 g/mol. The molecular formula is C21H25N3O. The van der Waals surface area contributed by atoms with E-state index in [1.54, 1.807) is 6.20 Å². The lowest BCUT2D eigenvalue weighted by molar-refractivity contribution is -0.128. The molecule has 25 heavy (non-hydrogen) atoms. The van der Waals surface area contributed by atoms with Crippen LogP contribution in [0.15, 0.2) is 42.6 Å². The highest BCUT2D eigenvalue weighted by atomic mass is 16.2. The molecule has 1 amide bonds. The van der Waals surface area contributed by atoms with Crippen molar-refractivity contribution in [2.45, 2.75) is 40.2 Å². The van der Waals surface area contributed by atoms with Crippen LogP contribution in [0, 0.1) is 17.3 Å². The van der Waals surface area contributed by atoms with Crippen molar-refractivity contribution in [2.75, 3.05) is 10.2 Å². The molecular weight excluding hydrogens is 310 g/mol. The zero-order valence-electron chi connectivity index (χ0n) is 15.1. The number of nitrogens with zero attached hydrogens (tertiary/aromatic N) is 2. The highest BCUT2D eigenvalue weighted by molar-refractivity contribution is 5.99. The highest BCUT2D eigenvalue weighted by Gasteiger charge is 2.43. The molecule has 1 N–H and O–H groups in total. The van der Waals surface area contributed by atoms with Crippen LogP contribution in [0.25, 0.3) is 0 Å². The maximum atomic E-state index is 13.3. The number of amides is 1. The second-order valence-electron chi connectivity index (χ2n) is 8.31. The number of benzene rings is 1. The predicted octanol–water partition coefficient (Wildman–Crippen LogP) is 4.74. The molecule has 4 rings (SSSR count). The fourth-order valence-corrected chi connectivity index (χ4v) is 3.82. The Morgan fingerprint density at radius 1 is 1.16 bits per heavy atom. The van der Waals surface area contributed by atoms with Gasteiger partial charge in [0.2, 0.25) is 5.91 Å². The second-order valence-corrected chi connectivity index (χ2v) is 8.31. The second kappa shape index (κ2) is 5.87. The minimum absolute atomic E-state index is 0.135. The van der Waals surface area contributed by atoms with E-state index in [-0.39, 0.29) is 17.2 Å². The molecule has 2 aromatic rings. The van der Waals surface area contributed by atoms with Crippen molar-refractivity contribution < 1.29 is 4.79 Å². The Hall–Kier alpha value is -2.36. The quantitative estimate of drug-likeness (QED) is 0.818. The zero-order valence-corrected chi connectivity index (χ0v) is 15.1. The third kappa shape index (κ3) is 2.90. The van der Waals surface area contributed by atoms with E-state index < -0.39 is 0 Å². The fourth-order valence-electron chi connectivity index (χ4n) is 3.82. The normalized spacial score (nSPS) is 22.1. The van der Waals surface area contributed by atoms with Crippen LogP contribution in [0.4, 0.5) is 17.2 Å². The molecule has 0 atom stereocenters. The molecule has 0 spiro atoms. The molecule has 4 nitrogen and oxygen atoms in total. The van der Waals surface area contributed by atoms with Crippen LogP contribution in [-0.4, -0.2) is 10.9 Å². The third-order valence-corrected chi connectivity index (χ3v) is 5.65. The van der Waals surface area contributed by atoms with Gasteiger partial charge in [0.1, 0.15) is 5.82 Å². The molecule has 0 bridgehead atoms. The summed E-state index contributed by atoms with van der Waals surface area (Å²) in [5.74, 6) is 1.85. The Labute approximate surface area is 149 Å². The van der Waals surface area contributed by atoms with Gasteiger partial charge in [-0.15, -0.1) is 0 Å². The van der Waals surface area contributed by atoms with Crippen LogP contribution in [0.5, 0.6) is 0 Å². The van der Waals surface area contributed by atoms with Gasteiger partial charge < -0.3 is 10.2 Å². The first-order chi connectivity index (χ1) is 11.9. The van der Waals surface area contributed by atoms with Gasteiger partial charge in [0.15, 0.2) is 0 Å². The Morgan fingerprint density at radius 2 is 1.92 bits per heavy atom. The van der Waals surface area contributed by atoms with E-state index in [2.05, 4.69) is 31.1 Å². The molecule has 1 aromatic heterocycles. The molecule has 2 heterocycles. The molecule has 1 aromatic carbocycles. The summed E-state index contributed by atoms with van der Waals surface area (Å²) in [5.41, 5.74) is 3.23. The van der Waals surface area contributed by atoms with Crippen molar-refractivity contribution in [3.63, 3.8) is 0 Å². The van der Waals surface area contributed by atoms with Gasteiger partial charge >= 0.3 is 0 Å². The number of nitrogens with one attached hydrogen (secondary N) is 1. The van der Waals surface area contributed by atoms with Crippen molar-refractivity contribution in [1.29, 1.82) is 0 Å². The van der Waals surface area contributed by atoms with Crippen LogP contribution in [-0.2, 0) is 11.3 Å². The molecule has 0 unspecified atom stereocenters. The Morgan fingerprint density at radius 3 is 2.68 bits per heavy atom. The number of anilines is 3. The van der Waals surface area contributed by atoms with Crippen LogP contribution < -0.4 is 10.2 Å². The summed E-state index contributed by atoms with van der Waals surface area (Å²) < 4.78 is 0. The third-order valence-electron chi connectivity index (χ3n) is 5.65. The first-order valence-corrected chi connectivity index (χ1v) is 9.05. The van der Waals surface area contributed by atoms with Crippen molar-refractivity contribution in [1.82, 2.24) is 4.98 Å². The van der Waals surface area contributed by atoms with Crippen LogP contribution in [0.2, 0.25) is 0 Å². The Bertz CT molecular complexity index is 803. The summed E-state index contributed by atoms with van der Waals surface area (Å²) in [6.45, 7) is 7.38. The molecule has 0 saturated heterocycles. The number of para-hydroxylation sites is 2. The van der Waals surface area contributed by atoms with Gasteiger partial charge in [-0.1, -0.05) is 39.0 Å². The zero-order chi connectivity index (χ0) is 17.6. The predicted molar refractivity (Wildman–Crippen MR) is 101 cm³/mol. The topological polar surface area (TPSA) is 45.2 Å². The molecule has 1 aliphatic carbocycles. The molecule has 4 heteroatoms. The first kappa shape index (κ1) is 16.1. The number of hydrogen-bond donors (Lipinski definition) is 1. The number of carbonyl (C=O) groups is 1. The fraction of sp³-hybridized carbons (Fsp3) is 0.429. The minimum Gasteiger partial charge on any atom is -0.338 e. The van der Waals surface area contributed by atoms with E-state index in [0.29, 0.717) is 12.5 Å². The summed E-state index contributed by atoms with van der Waals surface area (Å²) in [6.07, 6.45) is 3.77. The van der Waals surface area contributed by atoms with Crippen molar-refractivity contribution >= 4 is 23.1 Å². The smallest absolute Gasteiger partial charge is 0.230 e. The monoisotopic (exact) mass is 335 g/mol. The molecule has 2 aliphatic rings. The van der Waals surface area contributed by atoms with Crippen molar-refractivity contribution in [3.8, 4) is 0 Å². The van der Waals surface area contributed by atoms with Gasteiger partial charge in [-0.25, -0.2) is 4.98 Å². The number of carbonyl (C=O) groups excluding carboxylic acids is 1. The molecule has 1 fully saturated rings. The lowest BCUT2D eigenvalue weighted by Gasteiger charge is -2.44. The van der Waals surface area contributed by atoms with Gasteiger partial charge in [0.25, 0.3) is 0 Å². The van der Waals surface area contributed by atoms with Gasteiger partial charge in [0.05, 0.1) is 17.9 Å². The maximum Gasteiger partial charge on any atom is 0.230 e. The SMILES string of the molecule is CC(C)(C)C1CC(C(=O)N2Cc3cccnc3Nc3ccccc32)C1. The molecule has 130 valence electrons. The Kier molecular flexibility index (Phi) is 3.78. The summed E-state index contributed by atoms with van der Waals surface area (Å²) in [7, 11) is 0. The van der Waals surface area contributed by atoms with E-state index >= 15 is 0 Å². The van der Waals surface area contributed by atoms with E-state index in [0.717, 1.165) is 35.6 Å². The van der Waals surface area contributed by atoms with Gasteiger partial charge in [-0.05, 0) is 42.4 Å². The number of aromatic nitrogens is 1. The van der Waals surface area contributed by atoms with Crippen molar-refractivity contribution in [2.24, 2.45) is 17.3 Å². The number of fused-ring (bicyclic) bond motifs is 2. The summed E-state index contributed by atoms with van der Waals surface area (Å²) >= 11 is 0. The average Bonchev–Trinajstić information content (AvgIpc) is 2.68. The van der Waals surface area contributed by atoms with E-state index in [4.69, 9.17) is 0 Å². The van der Waals surface area contributed by atoms with E-state index in [9.17, 15) is 4.79 Å². The maximum absolute atomic E-state index is 13.3. The van der Waals surface area contributed by atoms with E-state index in [1.807, 2.05) is 41.3 Å². The Balaban J connectivity index is 1.64. The van der Waals surface area contributed by atoms with Crippen LogP contribution in [0.3, 0.4) is 0 Å². The minimum atomic E-state index is 0.135. The number of pyridine rings is 1. The lowest BCUT2D eigenvalue weighted by atomic mass is 9.62. The molecule has 1 aliphatic heterocycles. The number of hydrogen-bond acceptors (Lipinski definition) is 3. The van der Waals surface area contributed by atoms with E-state index in [1.165, 1.54) is 0 Å². The van der Waals surface area contributed by atoms with Gasteiger partial charge in [-0.3, -0.25) is 4.79 Å². The summed E-state index contributed by atoms with van der Waals surface area (Å²) in [5, 5.41) is 3.39. The molecule has 0 radical (unpaired) electrons. The van der Waals surface area contributed by atoms with Crippen molar-refractivity contribution in [3.05, 3.63) is 48.2 Å². The van der Waals surface area contributed by atoms with Gasteiger partial charge in [-0.2, -0.15) is 0 Å². The van der Waals surface area contributed by atoms with Gasteiger partial charge in [0, 0.05) is 17.7 Å². The first-order valence-electron chi connectivity index (χ1n) is 9.05. The highest BCUT2D eigenvalue weighted by Crippen LogP contribution is 2.47.